The second-order valence-corrected chi connectivity index (χ2v) is 4.79. The van der Waals surface area contributed by atoms with Gasteiger partial charge >= 0.3 is 0 Å². The van der Waals surface area contributed by atoms with E-state index in [0.29, 0.717) is 19.1 Å². The highest BCUT2D eigenvalue weighted by Gasteiger charge is 2.01. The van der Waals surface area contributed by atoms with Gasteiger partial charge in [-0.3, -0.25) is 0 Å². The quantitative estimate of drug-likeness (QED) is 0.575. The summed E-state index contributed by atoms with van der Waals surface area (Å²) in [5.74, 6) is 3.04. The van der Waals surface area contributed by atoms with Gasteiger partial charge in [0.1, 0.15) is 6.61 Å². The first-order valence-corrected chi connectivity index (χ1v) is 6.24. The van der Waals surface area contributed by atoms with Crippen LogP contribution >= 0.6 is 0 Å². The second-order valence-electron chi connectivity index (χ2n) is 4.79. The summed E-state index contributed by atoms with van der Waals surface area (Å²) >= 11 is 0. The minimum absolute atomic E-state index is 0.365. The highest BCUT2D eigenvalue weighted by Crippen LogP contribution is 2.22. The molecule has 0 radical (unpaired) electrons. The zero-order valence-corrected chi connectivity index (χ0v) is 10.9. The maximum absolute atomic E-state index is 5.34. The normalized spacial score (nSPS) is 10.8. The predicted octanol–water partition coefficient (Wildman–Crippen LogP) is 4.11. The molecule has 1 nitrogen and oxygen atoms in total. The van der Waals surface area contributed by atoms with Crippen LogP contribution in [0.4, 0.5) is 0 Å². The molecule has 92 valence electrons. The Kier molecular flexibility index (Phi) is 4.02. The van der Waals surface area contributed by atoms with Crippen molar-refractivity contribution in [3.05, 3.63) is 47.5 Å². The third-order valence-corrected chi connectivity index (χ3v) is 3.05. The van der Waals surface area contributed by atoms with Gasteiger partial charge in [0.15, 0.2) is 0 Å². The molecule has 0 N–H and O–H groups in total. The highest BCUT2D eigenvalue weighted by molar-refractivity contribution is 5.83. The van der Waals surface area contributed by atoms with E-state index in [4.69, 9.17) is 11.2 Å². The first kappa shape index (κ1) is 12.7. The van der Waals surface area contributed by atoms with E-state index in [-0.39, 0.29) is 0 Å². The minimum Gasteiger partial charge on any atom is -0.364 e. The number of hydrogen-bond acceptors (Lipinski definition) is 1. The number of terminal acetylenes is 1. The molecule has 0 spiro atoms. The number of fused-ring (bicyclic) bond motifs is 1. The molecule has 2 rings (SSSR count). The maximum atomic E-state index is 5.34. The fourth-order valence-corrected chi connectivity index (χ4v) is 1.99. The van der Waals surface area contributed by atoms with E-state index in [9.17, 15) is 0 Å². The molecular formula is C17H18O. The van der Waals surface area contributed by atoms with Gasteiger partial charge in [0.25, 0.3) is 0 Å². The Morgan fingerprint density at radius 3 is 2.56 bits per heavy atom. The Labute approximate surface area is 109 Å². The summed E-state index contributed by atoms with van der Waals surface area (Å²) in [6, 6.07) is 13.0. The zero-order valence-electron chi connectivity index (χ0n) is 10.9. The Morgan fingerprint density at radius 2 is 1.83 bits per heavy atom. The molecule has 0 saturated carbocycles. The first-order valence-electron chi connectivity index (χ1n) is 6.24. The topological polar surface area (TPSA) is 9.23 Å². The smallest absolute Gasteiger partial charge is 0.107 e. The van der Waals surface area contributed by atoms with Crippen LogP contribution in [0.15, 0.2) is 36.4 Å². The lowest BCUT2D eigenvalue weighted by Crippen LogP contribution is -1.93. The number of rotatable bonds is 4. The molecule has 0 aliphatic rings. The number of benzene rings is 2. The van der Waals surface area contributed by atoms with Crippen LogP contribution in [-0.2, 0) is 11.3 Å². The fraction of sp³-hybridized carbons (Fsp3) is 0.294. The fourth-order valence-electron chi connectivity index (χ4n) is 1.99. The van der Waals surface area contributed by atoms with Crippen molar-refractivity contribution in [3.63, 3.8) is 0 Å². The summed E-state index contributed by atoms with van der Waals surface area (Å²) < 4.78 is 5.34. The van der Waals surface area contributed by atoms with Crippen LogP contribution in [0, 0.1) is 12.3 Å². The monoisotopic (exact) mass is 238 g/mol. The van der Waals surface area contributed by atoms with E-state index in [0.717, 1.165) is 5.56 Å². The van der Waals surface area contributed by atoms with Gasteiger partial charge in [0.05, 0.1) is 6.61 Å². The van der Waals surface area contributed by atoms with Gasteiger partial charge in [-0.2, -0.15) is 0 Å². The van der Waals surface area contributed by atoms with Gasteiger partial charge in [0.2, 0.25) is 0 Å². The van der Waals surface area contributed by atoms with Gasteiger partial charge in [-0.1, -0.05) is 50.1 Å². The van der Waals surface area contributed by atoms with Crippen molar-refractivity contribution in [2.24, 2.45) is 0 Å². The molecule has 0 saturated heterocycles. The molecule has 0 aromatic heterocycles. The lowest BCUT2D eigenvalue weighted by Gasteiger charge is -2.08. The van der Waals surface area contributed by atoms with Gasteiger partial charge in [-0.05, 0) is 33.9 Å². The van der Waals surface area contributed by atoms with Crippen LogP contribution in [0.3, 0.4) is 0 Å². The average Bonchev–Trinajstić information content (AvgIpc) is 2.38. The lowest BCUT2D eigenvalue weighted by molar-refractivity contribution is 0.153. The maximum Gasteiger partial charge on any atom is 0.107 e. The summed E-state index contributed by atoms with van der Waals surface area (Å²) in [7, 11) is 0. The summed E-state index contributed by atoms with van der Waals surface area (Å²) in [5, 5.41) is 2.53. The molecule has 2 aromatic carbocycles. The van der Waals surface area contributed by atoms with E-state index in [2.05, 4.69) is 56.2 Å². The Balaban J connectivity index is 2.24. The van der Waals surface area contributed by atoms with Crippen molar-refractivity contribution in [1.82, 2.24) is 0 Å². The molecule has 1 heteroatoms. The van der Waals surface area contributed by atoms with Gasteiger partial charge in [-0.25, -0.2) is 0 Å². The van der Waals surface area contributed by atoms with Crippen molar-refractivity contribution in [3.8, 4) is 12.3 Å². The van der Waals surface area contributed by atoms with E-state index < -0.39 is 0 Å². The van der Waals surface area contributed by atoms with Crippen molar-refractivity contribution in [2.75, 3.05) is 6.61 Å². The predicted molar refractivity (Wildman–Crippen MR) is 76.5 cm³/mol. The Hall–Kier alpha value is -1.78. The van der Waals surface area contributed by atoms with Gasteiger partial charge in [-0.15, -0.1) is 6.42 Å². The Morgan fingerprint density at radius 1 is 1.11 bits per heavy atom. The van der Waals surface area contributed by atoms with Crippen LogP contribution in [-0.4, -0.2) is 6.61 Å². The standard InChI is InChI=1S/C17H18O/c1-4-9-18-12-14-5-6-17-11-15(13(2)3)7-8-16(17)10-14/h1,5-8,10-11,13H,9,12H2,2-3H3. The van der Waals surface area contributed by atoms with E-state index >= 15 is 0 Å². The molecule has 0 aliphatic carbocycles. The van der Waals surface area contributed by atoms with Gasteiger partial charge < -0.3 is 4.74 Å². The molecule has 0 heterocycles. The molecule has 0 bridgehead atoms. The van der Waals surface area contributed by atoms with Gasteiger partial charge in [0, 0.05) is 0 Å². The van der Waals surface area contributed by atoms with Crippen LogP contribution in [0.1, 0.15) is 30.9 Å². The molecule has 0 fully saturated rings. The summed E-state index contributed by atoms with van der Waals surface area (Å²) in [4.78, 5) is 0. The minimum atomic E-state index is 0.365. The summed E-state index contributed by atoms with van der Waals surface area (Å²) in [5.41, 5.74) is 2.54. The number of hydrogen-bond donors (Lipinski definition) is 0. The molecule has 0 aliphatic heterocycles. The molecule has 0 atom stereocenters. The van der Waals surface area contributed by atoms with Crippen molar-refractivity contribution >= 4 is 10.8 Å². The molecule has 18 heavy (non-hydrogen) atoms. The summed E-state index contributed by atoms with van der Waals surface area (Å²) in [6.07, 6.45) is 5.15. The van der Waals surface area contributed by atoms with Crippen molar-refractivity contribution in [1.29, 1.82) is 0 Å². The van der Waals surface area contributed by atoms with Crippen LogP contribution < -0.4 is 0 Å². The van der Waals surface area contributed by atoms with Crippen LogP contribution in [0.5, 0.6) is 0 Å². The largest absolute Gasteiger partial charge is 0.364 e. The van der Waals surface area contributed by atoms with Crippen molar-refractivity contribution < 1.29 is 4.74 Å². The zero-order chi connectivity index (χ0) is 13.0. The SMILES string of the molecule is C#CCOCc1ccc2cc(C(C)C)ccc2c1. The first-order chi connectivity index (χ1) is 8.70. The van der Waals surface area contributed by atoms with E-state index in [1.165, 1.54) is 16.3 Å². The lowest BCUT2D eigenvalue weighted by atomic mass is 9.98. The molecular weight excluding hydrogens is 220 g/mol. The van der Waals surface area contributed by atoms with E-state index in [1.807, 2.05) is 0 Å². The molecule has 0 unspecified atom stereocenters. The van der Waals surface area contributed by atoms with E-state index in [1.54, 1.807) is 0 Å². The Bertz CT molecular complexity index is 576. The second kappa shape index (κ2) is 5.71. The molecule has 0 amide bonds. The van der Waals surface area contributed by atoms with Crippen LogP contribution in [0.25, 0.3) is 10.8 Å². The average molecular weight is 238 g/mol. The highest BCUT2D eigenvalue weighted by atomic mass is 16.5. The van der Waals surface area contributed by atoms with Crippen LogP contribution in [0.2, 0.25) is 0 Å². The third kappa shape index (κ3) is 2.91. The third-order valence-electron chi connectivity index (χ3n) is 3.05. The number of ether oxygens (including phenoxy) is 1. The summed E-state index contributed by atoms with van der Waals surface area (Å²) in [6.45, 7) is 5.36. The molecule has 2 aromatic rings. The van der Waals surface area contributed by atoms with Crippen molar-refractivity contribution in [2.45, 2.75) is 26.4 Å².